The Morgan fingerprint density at radius 2 is 1.80 bits per heavy atom. The smallest absolute Gasteiger partial charge is 0.168 e. The minimum Gasteiger partial charge on any atom is -0.374 e. The number of allylic oxidation sites excluding steroid dienone is 1. The van der Waals surface area contributed by atoms with Gasteiger partial charge in [-0.05, 0) is 12.8 Å². The summed E-state index contributed by atoms with van der Waals surface area (Å²) < 4.78 is 2.47. The molecule has 0 radical (unpaired) electrons. The molecule has 0 bridgehead atoms. The molecule has 0 N–H and O–H groups in total. The highest BCUT2D eigenvalue weighted by molar-refractivity contribution is 5.68. The van der Waals surface area contributed by atoms with Gasteiger partial charge in [0.25, 0.3) is 0 Å². The Labute approximate surface area is 122 Å². The number of hydrogen-bond donors (Lipinski definition) is 0. The van der Waals surface area contributed by atoms with Gasteiger partial charge in [-0.1, -0.05) is 30.3 Å². The zero-order chi connectivity index (χ0) is 14.0. The molecular formula is C18H25N2+. The van der Waals surface area contributed by atoms with Gasteiger partial charge in [0.2, 0.25) is 0 Å². The molecular weight excluding hydrogens is 244 g/mol. The van der Waals surface area contributed by atoms with Crippen molar-refractivity contribution in [3.63, 3.8) is 0 Å². The molecule has 1 fully saturated rings. The Morgan fingerprint density at radius 1 is 1.10 bits per heavy atom. The molecule has 20 heavy (non-hydrogen) atoms. The summed E-state index contributed by atoms with van der Waals surface area (Å²) in [5.74, 6) is 0. The predicted molar refractivity (Wildman–Crippen MR) is 84.1 cm³/mol. The molecule has 1 aromatic carbocycles. The van der Waals surface area contributed by atoms with Crippen molar-refractivity contribution in [1.29, 1.82) is 0 Å². The van der Waals surface area contributed by atoms with Crippen molar-refractivity contribution in [3.05, 3.63) is 47.7 Å². The molecule has 1 saturated heterocycles. The molecule has 0 amide bonds. The third-order valence-corrected chi connectivity index (χ3v) is 4.55. The molecule has 0 unspecified atom stereocenters. The highest BCUT2D eigenvalue weighted by atomic mass is 15.2. The van der Waals surface area contributed by atoms with Gasteiger partial charge in [0.1, 0.15) is 0 Å². The molecule has 2 aliphatic heterocycles. The average Bonchev–Trinajstić information content (AvgIpc) is 2.96. The summed E-state index contributed by atoms with van der Waals surface area (Å²) in [6.07, 6.45) is 8.48. The Morgan fingerprint density at radius 3 is 2.45 bits per heavy atom. The van der Waals surface area contributed by atoms with Crippen molar-refractivity contribution in [2.45, 2.75) is 45.2 Å². The summed E-state index contributed by atoms with van der Waals surface area (Å²) >= 11 is 0. The number of rotatable bonds is 3. The molecule has 2 heteroatoms. The highest BCUT2D eigenvalue weighted by Crippen LogP contribution is 2.28. The minimum atomic E-state index is 0.197. The van der Waals surface area contributed by atoms with E-state index in [4.69, 9.17) is 0 Å². The van der Waals surface area contributed by atoms with Crippen LogP contribution in [0, 0.1) is 0 Å². The van der Waals surface area contributed by atoms with E-state index in [0.717, 1.165) is 13.0 Å². The lowest BCUT2D eigenvalue weighted by Gasteiger charge is -2.31. The van der Waals surface area contributed by atoms with Crippen LogP contribution in [0.2, 0.25) is 0 Å². The molecule has 0 atom stereocenters. The number of nitrogens with zero attached hydrogens (tertiary/aromatic N) is 2. The first kappa shape index (κ1) is 13.4. The van der Waals surface area contributed by atoms with Gasteiger partial charge in [-0.2, -0.15) is 0 Å². The molecule has 0 aliphatic carbocycles. The number of benzene rings is 1. The third kappa shape index (κ3) is 2.79. The van der Waals surface area contributed by atoms with Crippen LogP contribution in [0.5, 0.6) is 0 Å². The van der Waals surface area contributed by atoms with E-state index < -0.39 is 0 Å². The first-order chi connectivity index (χ1) is 9.65. The maximum Gasteiger partial charge on any atom is 0.168 e. The summed E-state index contributed by atoms with van der Waals surface area (Å²) in [6.45, 7) is 8.20. The second-order valence-corrected chi connectivity index (χ2v) is 6.60. The van der Waals surface area contributed by atoms with Gasteiger partial charge < -0.3 is 4.90 Å². The fourth-order valence-electron chi connectivity index (χ4n) is 3.25. The molecule has 2 aliphatic rings. The van der Waals surface area contributed by atoms with E-state index in [1.54, 1.807) is 0 Å². The standard InChI is InChI=1S/C18H25N2/c1-18(2)14-17(19-11-6-7-12-19)10-13-20(18)15-16-8-4-3-5-9-16/h3-5,8-10,13H,6-7,11-12,14-15H2,1-2H3/q+1. The minimum absolute atomic E-state index is 0.197. The van der Waals surface area contributed by atoms with Crippen molar-refractivity contribution >= 4 is 6.21 Å². The molecule has 0 aromatic heterocycles. The van der Waals surface area contributed by atoms with Gasteiger partial charge >= 0.3 is 0 Å². The predicted octanol–water partition coefficient (Wildman–Crippen LogP) is 3.43. The van der Waals surface area contributed by atoms with E-state index in [1.165, 1.54) is 37.2 Å². The molecule has 106 valence electrons. The van der Waals surface area contributed by atoms with Crippen LogP contribution in [0.3, 0.4) is 0 Å². The van der Waals surface area contributed by atoms with E-state index in [0.29, 0.717) is 0 Å². The Balaban J connectivity index is 1.79. The fourth-order valence-corrected chi connectivity index (χ4v) is 3.25. The second kappa shape index (κ2) is 5.43. The van der Waals surface area contributed by atoms with Gasteiger partial charge in [0.15, 0.2) is 18.3 Å². The molecule has 0 saturated carbocycles. The van der Waals surface area contributed by atoms with Crippen molar-refractivity contribution in [2.75, 3.05) is 13.1 Å². The summed E-state index contributed by atoms with van der Waals surface area (Å²) in [5, 5.41) is 0. The van der Waals surface area contributed by atoms with Crippen LogP contribution in [-0.4, -0.2) is 34.3 Å². The van der Waals surface area contributed by atoms with Crippen molar-refractivity contribution in [2.24, 2.45) is 0 Å². The SMILES string of the molecule is CC1(C)CC(N2CCCC2)=CC=[N+]1Cc1ccccc1. The van der Waals surface area contributed by atoms with Gasteiger partial charge in [-0.15, -0.1) is 0 Å². The Hall–Kier alpha value is -1.57. The monoisotopic (exact) mass is 269 g/mol. The van der Waals surface area contributed by atoms with E-state index in [-0.39, 0.29) is 5.54 Å². The van der Waals surface area contributed by atoms with Gasteiger partial charge in [0.05, 0.1) is 6.42 Å². The zero-order valence-electron chi connectivity index (χ0n) is 12.7. The van der Waals surface area contributed by atoms with Crippen LogP contribution in [0.25, 0.3) is 0 Å². The van der Waals surface area contributed by atoms with Gasteiger partial charge in [0, 0.05) is 44.3 Å². The van der Waals surface area contributed by atoms with Crippen molar-refractivity contribution in [1.82, 2.24) is 4.90 Å². The van der Waals surface area contributed by atoms with E-state index >= 15 is 0 Å². The van der Waals surface area contributed by atoms with E-state index in [9.17, 15) is 0 Å². The summed E-state index contributed by atoms with van der Waals surface area (Å²) in [7, 11) is 0. The quantitative estimate of drug-likeness (QED) is 0.762. The molecule has 2 nitrogen and oxygen atoms in total. The zero-order valence-corrected chi connectivity index (χ0v) is 12.7. The number of hydrogen-bond acceptors (Lipinski definition) is 1. The Bertz CT molecular complexity index is 520. The highest BCUT2D eigenvalue weighted by Gasteiger charge is 2.35. The van der Waals surface area contributed by atoms with Crippen molar-refractivity contribution in [3.8, 4) is 0 Å². The Kier molecular flexibility index (Phi) is 3.64. The second-order valence-electron chi connectivity index (χ2n) is 6.60. The van der Waals surface area contributed by atoms with E-state index in [1.807, 2.05) is 0 Å². The van der Waals surface area contributed by atoms with Crippen LogP contribution >= 0.6 is 0 Å². The summed E-state index contributed by atoms with van der Waals surface area (Å²) in [6, 6.07) is 10.8. The molecule has 1 aromatic rings. The average molecular weight is 269 g/mol. The van der Waals surface area contributed by atoms with E-state index in [2.05, 4.69) is 65.9 Å². The third-order valence-electron chi connectivity index (χ3n) is 4.55. The first-order valence-corrected chi connectivity index (χ1v) is 7.75. The van der Waals surface area contributed by atoms with Crippen LogP contribution in [0.15, 0.2) is 42.1 Å². The molecule has 3 rings (SSSR count). The fraction of sp³-hybridized carbons (Fsp3) is 0.500. The maximum absolute atomic E-state index is 2.57. The molecule has 0 spiro atoms. The molecule has 2 heterocycles. The lowest BCUT2D eigenvalue weighted by Crippen LogP contribution is -2.41. The van der Waals surface area contributed by atoms with Crippen LogP contribution in [-0.2, 0) is 6.54 Å². The first-order valence-electron chi connectivity index (χ1n) is 7.75. The topological polar surface area (TPSA) is 6.25 Å². The lowest BCUT2D eigenvalue weighted by molar-refractivity contribution is -0.612. The number of likely N-dealkylation sites (tertiary alicyclic amines) is 1. The normalized spacial score (nSPS) is 21.6. The van der Waals surface area contributed by atoms with Crippen LogP contribution in [0.4, 0.5) is 0 Å². The van der Waals surface area contributed by atoms with Crippen molar-refractivity contribution < 1.29 is 4.58 Å². The van der Waals surface area contributed by atoms with Gasteiger partial charge in [-0.3, -0.25) is 0 Å². The van der Waals surface area contributed by atoms with Gasteiger partial charge in [-0.25, -0.2) is 4.58 Å². The largest absolute Gasteiger partial charge is 0.374 e. The van der Waals surface area contributed by atoms with Crippen LogP contribution in [0.1, 0.15) is 38.7 Å². The van der Waals surface area contributed by atoms with Crippen LogP contribution < -0.4 is 0 Å². The summed E-state index contributed by atoms with van der Waals surface area (Å²) in [4.78, 5) is 2.57. The summed E-state index contributed by atoms with van der Waals surface area (Å²) in [5.41, 5.74) is 3.11. The lowest BCUT2D eigenvalue weighted by atomic mass is 9.93. The maximum atomic E-state index is 2.57.